The number of imide groups is 1. The van der Waals surface area contributed by atoms with Gasteiger partial charge in [0.15, 0.2) is 0 Å². The second kappa shape index (κ2) is 7.77. The minimum absolute atomic E-state index is 0. The van der Waals surface area contributed by atoms with Gasteiger partial charge in [0, 0.05) is 13.1 Å². The zero-order valence-electron chi connectivity index (χ0n) is 13.3. The van der Waals surface area contributed by atoms with Gasteiger partial charge >= 0.3 is 5.97 Å². The van der Waals surface area contributed by atoms with Crippen LogP contribution in [0.3, 0.4) is 0 Å². The average Bonchev–Trinajstić information content (AvgIpc) is 3.11. The molecule has 1 fully saturated rings. The number of likely N-dealkylation sites (tertiary alicyclic amines) is 1. The number of hydrogen-bond donors (Lipinski definition) is 1. The summed E-state index contributed by atoms with van der Waals surface area (Å²) in [6, 6.07) is 6.90. The molecule has 1 aromatic carbocycles. The van der Waals surface area contributed by atoms with E-state index >= 15 is 0 Å². The van der Waals surface area contributed by atoms with Gasteiger partial charge in [-0.15, -0.1) is 12.4 Å². The maximum absolute atomic E-state index is 12.2. The Bertz CT molecular complexity index is 614. The molecule has 1 N–H and O–H groups in total. The van der Waals surface area contributed by atoms with Crippen molar-refractivity contribution < 1.29 is 19.5 Å². The maximum atomic E-state index is 12.2. The predicted octanol–water partition coefficient (Wildman–Crippen LogP) is 1.89. The second-order valence-electron chi connectivity index (χ2n) is 6.14. The van der Waals surface area contributed by atoms with E-state index in [2.05, 4.69) is 4.90 Å². The maximum Gasteiger partial charge on any atom is 0.307 e. The van der Waals surface area contributed by atoms with Crippen LogP contribution in [-0.2, 0) is 4.79 Å². The van der Waals surface area contributed by atoms with E-state index in [1.807, 2.05) is 0 Å². The number of carbonyl (C=O) groups is 3. The highest BCUT2D eigenvalue weighted by Gasteiger charge is 2.34. The fourth-order valence-electron chi connectivity index (χ4n) is 3.28. The molecule has 1 atom stereocenters. The second-order valence-corrected chi connectivity index (χ2v) is 6.14. The SMILES string of the molecule is Cl.O=C(O)C1CCN(CCCCN2C(=O)c3ccccc3C2=O)C1. The number of carbonyl (C=O) groups excluding carboxylic acids is 2. The van der Waals surface area contributed by atoms with E-state index in [0.717, 1.165) is 25.9 Å². The highest BCUT2D eigenvalue weighted by atomic mass is 35.5. The molecule has 7 heteroatoms. The Morgan fingerprint density at radius 2 is 1.67 bits per heavy atom. The molecule has 2 amide bonds. The molecule has 3 rings (SSSR count). The number of benzene rings is 1. The molecule has 130 valence electrons. The number of halogens is 1. The van der Waals surface area contributed by atoms with Crippen molar-refractivity contribution in [1.82, 2.24) is 9.80 Å². The molecule has 1 aromatic rings. The number of carboxylic acids is 1. The van der Waals surface area contributed by atoms with Gasteiger partial charge in [0.25, 0.3) is 11.8 Å². The summed E-state index contributed by atoms with van der Waals surface area (Å²) in [6.45, 7) is 2.64. The summed E-state index contributed by atoms with van der Waals surface area (Å²) in [5, 5.41) is 8.98. The molecule has 2 heterocycles. The molecule has 24 heavy (non-hydrogen) atoms. The van der Waals surface area contributed by atoms with Gasteiger partial charge in [-0.3, -0.25) is 19.3 Å². The van der Waals surface area contributed by atoms with Gasteiger partial charge in [0.05, 0.1) is 17.0 Å². The molecule has 6 nitrogen and oxygen atoms in total. The number of rotatable bonds is 6. The van der Waals surface area contributed by atoms with E-state index in [9.17, 15) is 14.4 Å². The van der Waals surface area contributed by atoms with Gasteiger partial charge < -0.3 is 10.0 Å². The van der Waals surface area contributed by atoms with Crippen LogP contribution < -0.4 is 0 Å². The third-order valence-electron chi connectivity index (χ3n) is 4.61. The van der Waals surface area contributed by atoms with Crippen LogP contribution in [0.15, 0.2) is 24.3 Å². The largest absolute Gasteiger partial charge is 0.481 e. The van der Waals surface area contributed by atoms with Gasteiger partial charge in [-0.05, 0) is 44.5 Å². The molecule has 0 radical (unpaired) electrons. The van der Waals surface area contributed by atoms with E-state index in [4.69, 9.17) is 5.11 Å². The Balaban J connectivity index is 0.00000208. The minimum Gasteiger partial charge on any atom is -0.481 e. The molecule has 0 aliphatic carbocycles. The molecule has 2 aliphatic rings. The van der Waals surface area contributed by atoms with Crippen molar-refractivity contribution in [2.75, 3.05) is 26.2 Å². The van der Waals surface area contributed by atoms with E-state index in [1.165, 1.54) is 4.90 Å². The summed E-state index contributed by atoms with van der Waals surface area (Å²) in [6.07, 6.45) is 2.28. The zero-order valence-corrected chi connectivity index (χ0v) is 14.1. The normalized spacial score (nSPS) is 20.2. The Hall–Kier alpha value is -1.92. The van der Waals surface area contributed by atoms with Crippen LogP contribution in [0.5, 0.6) is 0 Å². The topological polar surface area (TPSA) is 77.9 Å². The number of hydrogen-bond acceptors (Lipinski definition) is 4. The Labute approximate surface area is 146 Å². The van der Waals surface area contributed by atoms with Crippen molar-refractivity contribution >= 4 is 30.2 Å². The Morgan fingerprint density at radius 3 is 2.21 bits per heavy atom. The lowest BCUT2D eigenvalue weighted by molar-refractivity contribution is -0.141. The van der Waals surface area contributed by atoms with Crippen molar-refractivity contribution in [2.24, 2.45) is 5.92 Å². The lowest BCUT2D eigenvalue weighted by Crippen LogP contribution is -2.31. The van der Waals surface area contributed by atoms with Crippen LogP contribution in [0.4, 0.5) is 0 Å². The van der Waals surface area contributed by atoms with Crippen LogP contribution in [0.2, 0.25) is 0 Å². The molecule has 0 aromatic heterocycles. The summed E-state index contributed by atoms with van der Waals surface area (Å²) in [5.41, 5.74) is 0.975. The lowest BCUT2D eigenvalue weighted by atomic mass is 10.1. The van der Waals surface area contributed by atoms with Gasteiger partial charge in [0.1, 0.15) is 0 Å². The number of amides is 2. The van der Waals surface area contributed by atoms with Gasteiger partial charge in [-0.1, -0.05) is 12.1 Å². The molecule has 0 spiro atoms. The fraction of sp³-hybridized carbons (Fsp3) is 0.471. The first kappa shape index (κ1) is 18.4. The van der Waals surface area contributed by atoms with Crippen molar-refractivity contribution in [1.29, 1.82) is 0 Å². The summed E-state index contributed by atoms with van der Waals surface area (Å²) < 4.78 is 0. The highest BCUT2D eigenvalue weighted by Crippen LogP contribution is 2.23. The average molecular weight is 353 g/mol. The van der Waals surface area contributed by atoms with Gasteiger partial charge in [-0.25, -0.2) is 0 Å². The van der Waals surface area contributed by atoms with E-state index in [0.29, 0.717) is 30.6 Å². The van der Waals surface area contributed by atoms with Crippen LogP contribution >= 0.6 is 12.4 Å². The molecule has 0 bridgehead atoms. The summed E-state index contributed by atoms with van der Waals surface area (Å²) in [7, 11) is 0. The molecule has 2 aliphatic heterocycles. The van der Waals surface area contributed by atoms with E-state index in [1.54, 1.807) is 24.3 Å². The molecule has 1 unspecified atom stereocenters. The summed E-state index contributed by atoms with van der Waals surface area (Å²) in [4.78, 5) is 38.8. The minimum atomic E-state index is -0.724. The Morgan fingerprint density at radius 1 is 1.08 bits per heavy atom. The molecular formula is C17H21ClN2O4. The number of carboxylic acid groups (broad SMARTS) is 1. The quantitative estimate of drug-likeness (QED) is 0.625. The standard InChI is InChI=1S/C17H20N2O4.ClH/c20-15-13-5-1-2-6-14(13)16(21)19(15)9-4-3-8-18-10-7-12(11-18)17(22)23;/h1-2,5-6,12H,3-4,7-11H2,(H,22,23);1H. The number of fused-ring (bicyclic) bond motifs is 1. The third kappa shape index (κ3) is 3.60. The molecule has 1 saturated heterocycles. The first-order chi connectivity index (χ1) is 11.1. The van der Waals surface area contributed by atoms with Crippen molar-refractivity contribution in [3.63, 3.8) is 0 Å². The van der Waals surface area contributed by atoms with Crippen molar-refractivity contribution in [3.8, 4) is 0 Å². The smallest absolute Gasteiger partial charge is 0.307 e. The zero-order chi connectivity index (χ0) is 16.4. The van der Waals surface area contributed by atoms with Gasteiger partial charge in [-0.2, -0.15) is 0 Å². The van der Waals surface area contributed by atoms with Crippen LogP contribution in [0.25, 0.3) is 0 Å². The van der Waals surface area contributed by atoms with Gasteiger partial charge in [0.2, 0.25) is 0 Å². The van der Waals surface area contributed by atoms with Crippen LogP contribution in [-0.4, -0.2) is 58.9 Å². The number of nitrogens with zero attached hydrogens (tertiary/aromatic N) is 2. The van der Waals surface area contributed by atoms with E-state index < -0.39 is 5.97 Å². The number of unbranched alkanes of at least 4 members (excludes halogenated alkanes) is 1. The van der Waals surface area contributed by atoms with Crippen molar-refractivity contribution in [2.45, 2.75) is 19.3 Å². The highest BCUT2D eigenvalue weighted by molar-refractivity contribution is 6.21. The molecular weight excluding hydrogens is 332 g/mol. The monoisotopic (exact) mass is 352 g/mol. The Kier molecular flexibility index (Phi) is 5.96. The summed E-state index contributed by atoms with van der Waals surface area (Å²) in [5.74, 6) is -1.40. The van der Waals surface area contributed by atoms with E-state index in [-0.39, 0.29) is 30.1 Å². The van der Waals surface area contributed by atoms with Crippen molar-refractivity contribution in [3.05, 3.63) is 35.4 Å². The first-order valence-corrected chi connectivity index (χ1v) is 7.98. The van der Waals surface area contributed by atoms with Crippen LogP contribution in [0.1, 0.15) is 40.0 Å². The summed E-state index contributed by atoms with van der Waals surface area (Å²) >= 11 is 0. The molecule has 0 saturated carbocycles. The predicted molar refractivity (Wildman–Crippen MR) is 90.5 cm³/mol. The first-order valence-electron chi connectivity index (χ1n) is 7.98. The lowest BCUT2D eigenvalue weighted by Gasteiger charge is -2.17. The fourth-order valence-corrected chi connectivity index (χ4v) is 3.28. The number of aliphatic carboxylic acids is 1. The third-order valence-corrected chi connectivity index (χ3v) is 4.61. The van der Waals surface area contributed by atoms with Crippen LogP contribution in [0, 0.1) is 5.92 Å².